The third-order valence-electron chi connectivity index (χ3n) is 2.65. The molecule has 0 saturated heterocycles. The van der Waals surface area contributed by atoms with Gasteiger partial charge in [-0.15, -0.1) is 0 Å². The molecule has 1 aromatic carbocycles. The van der Waals surface area contributed by atoms with Gasteiger partial charge in [0.15, 0.2) is 0 Å². The molecule has 4 heteroatoms. The van der Waals surface area contributed by atoms with Crippen molar-refractivity contribution in [2.75, 3.05) is 27.3 Å². The minimum Gasteiger partial charge on any atom is -0.497 e. The van der Waals surface area contributed by atoms with Crippen LogP contribution in [0.5, 0.6) is 11.5 Å². The van der Waals surface area contributed by atoms with E-state index in [4.69, 9.17) is 15.2 Å². The summed E-state index contributed by atoms with van der Waals surface area (Å²) in [5, 5.41) is 3.35. The van der Waals surface area contributed by atoms with Crippen molar-refractivity contribution in [1.82, 2.24) is 5.32 Å². The SMILES string of the molecule is COc1ccc(OC)c(CC(C)NCCN)c1. The normalized spacial score (nSPS) is 12.2. The van der Waals surface area contributed by atoms with Crippen molar-refractivity contribution in [1.29, 1.82) is 0 Å². The van der Waals surface area contributed by atoms with Crippen LogP contribution in [-0.4, -0.2) is 33.4 Å². The van der Waals surface area contributed by atoms with Crippen molar-refractivity contribution >= 4 is 0 Å². The maximum atomic E-state index is 5.46. The molecule has 4 nitrogen and oxygen atoms in total. The molecule has 0 aliphatic rings. The molecule has 0 spiro atoms. The number of hydrogen-bond acceptors (Lipinski definition) is 4. The molecular formula is C13H22N2O2. The Labute approximate surface area is 103 Å². The van der Waals surface area contributed by atoms with E-state index < -0.39 is 0 Å². The number of rotatable bonds is 7. The fourth-order valence-corrected chi connectivity index (χ4v) is 1.77. The standard InChI is InChI=1S/C13H22N2O2/c1-10(15-7-6-14)8-11-9-12(16-2)4-5-13(11)17-3/h4-5,9-10,15H,6-8,14H2,1-3H3. The van der Waals surface area contributed by atoms with Gasteiger partial charge in [-0.25, -0.2) is 0 Å². The quantitative estimate of drug-likeness (QED) is 0.749. The van der Waals surface area contributed by atoms with Gasteiger partial charge in [0.2, 0.25) is 0 Å². The Morgan fingerprint density at radius 1 is 1.29 bits per heavy atom. The highest BCUT2D eigenvalue weighted by molar-refractivity contribution is 5.40. The zero-order valence-electron chi connectivity index (χ0n) is 10.8. The van der Waals surface area contributed by atoms with Gasteiger partial charge in [0.1, 0.15) is 11.5 Å². The monoisotopic (exact) mass is 238 g/mol. The second-order valence-corrected chi connectivity index (χ2v) is 4.03. The summed E-state index contributed by atoms with van der Waals surface area (Å²) in [7, 11) is 3.35. The van der Waals surface area contributed by atoms with Gasteiger partial charge in [0.25, 0.3) is 0 Å². The smallest absolute Gasteiger partial charge is 0.122 e. The van der Waals surface area contributed by atoms with Crippen LogP contribution in [0.4, 0.5) is 0 Å². The first-order valence-corrected chi connectivity index (χ1v) is 5.85. The third-order valence-corrected chi connectivity index (χ3v) is 2.65. The van der Waals surface area contributed by atoms with E-state index in [1.165, 1.54) is 0 Å². The van der Waals surface area contributed by atoms with Crippen LogP contribution in [0.3, 0.4) is 0 Å². The Kier molecular flexibility index (Phi) is 5.80. The van der Waals surface area contributed by atoms with E-state index in [0.717, 1.165) is 30.0 Å². The summed E-state index contributed by atoms with van der Waals surface area (Å²) in [6, 6.07) is 6.21. The number of nitrogens with two attached hydrogens (primary N) is 1. The lowest BCUT2D eigenvalue weighted by Gasteiger charge is -2.16. The summed E-state index contributed by atoms with van der Waals surface area (Å²) in [6.07, 6.45) is 0.889. The van der Waals surface area contributed by atoms with Crippen LogP contribution in [-0.2, 0) is 6.42 Å². The fourth-order valence-electron chi connectivity index (χ4n) is 1.77. The van der Waals surface area contributed by atoms with E-state index in [9.17, 15) is 0 Å². The van der Waals surface area contributed by atoms with Gasteiger partial charge < -0.3 is 20.5 Å². The van der Waals surface area contributed by atoms with E-state index in [1.807, 2.05) is 18.2 Å². The lowest BCUT2D eigenvalue weighted by Crippen LogP contribution is -2.32. The predicted octanol–water partition coefficient (Wildman–Crippen LogP) is 1.18. The number of benzene rings is 1. The van der Waals surface area contributed by atoms with Crippen molar-refractivity contribution in [2.24, 2.45) is 5.73 Å². The summed E-state index contributed by atoms with van der Waals surface area (Å²) >= 11 is 0. The summed E-state index contributed by atoms with van der Waals surface area (Å²) < 4.78 is 10.6. The van der Waals surface area contributed by atoms with E-state index in [2.05, 4.69) is 12.2 Å². The molecule has 0 radical (unpaired) electrons. The first-order chi connectivity index (χ1) is 8.21. The van der Waals surface area contributed by atoms with E-state index in [1.54, 1.807) is 14.2 Å². The number of nitrogens with one attached hydrogen (secondary N) is 1. The highest BCUT2D eigenvalue weighted by Crippen LogP contribution is 2.24. The topological polar surface area (TPSA) is 56.5 Å². The van der Waals surface area contributed by atoms with Gasteiger partial charge in [-0.05, 0) is 37.1 Å². The lowest BCUT2D eigenvalue weighted by molar-refractivity contribution is 0.396. The van der Waals surface area contributed by atoms with Crippen LogP contribution in [0.15, 0.2) is 18.2 Å². The molecule has 0 aliphatic heterocycles. The van der Waals surface area contributed by atoms with Gasteiger partial charge >= 0.3 is 0 Å². The van der Waals surface area contributed by atoms with E-state index in [0.29, 0.717) is 12.6 Å². The molecule has 1 aromatic rings. The Morgan fingerprint density at radius 3 is 2.65 bits per heavy atom. The minimum absolute atomic E-state index is 0.361. The highest BCUT2D eigenvalue weighted by atomic mass is 16.5. The Hall–Kier alpha value is -1.26. The number of hydrogen-bond donors (Lipinski definition) is 2. The largest absolute Gasteiger partial charge is 0.497 e. The Balaban J connectivity index is 2.72. The molecule has 3 N–H and O–H groups in total. The fraction of sp³-hybridized carbons (Fsp3) is 0.538. The second-order valence-electron chi connectivity index (χ2n) is 4.03. The number of ether oxygens (including phenoxy) is 2. The molecule has 96 valence electrons. The average molecular weight is 238 g/mol. The van der Waals surface area contributed by atoms with Crippen LogP contribution in [0.25, 0.3) is 0 Å². The minimum atomic E-state index is 0.361. The maximum absolute atomic E-state index is 5.46. The van der Waals surface area contributed by atoms with Gasteiger partial charge in [-0.3, -0.25) is 0 Å². The second kappa shape index (κ2) is 7.14. The first-order valence-electron chi connectivity index (χ1n) is 5.85. The van der Waals surface area contributed by atoms with Crippen LogP contribution in [0.2, 0.25) is 0 Å². The molecule has 1 atom stereocenters. The van der Waals surface area contributed by atoms with Crippen molar-refractivity contribution in [3.05, 3.63) is 23.8 Å². The van der Waals surface area contributed by atoms with Crippen molar-refractivity contribution < 1.29 is 9.47 Å². The number of methoxy groups -OCH3 is 2. The summed E-state index contributed by atoms with van der Waals surface area (Å²) in [5.41, 5.74) is 6.61. The van der Waals surface area contributed by atoms with Gasteiger partial charge in [-0.1, -0.05) is 0 Å². The van der Waals surface area contributed by atoms with Gasteiger partial charge in [0, 0.05) is 19.1 Å². The van der Waals surface area contributed by atoms with Crippen LogP contribution in [0, 0.1) is 0 Å². The van der Waals surface area contributed by atoms with Gasteiger partial charge in [-0.2, -0.15) is 0 Å². The van der Waals surface area contributed by atoms with E-state index >= 15 is 0 Å². The van der Waals surface area contributed by atoms with Crippen LogP contribution >= 0.6 is 0 Å². The Bertz CT molecular complexity index is 342. The molecule has 17 heavy (non-hydrogen) atoms. The lowest BCUT2D eigenvalue weighted by atomic mass is 10.1. The van der Waals surface area contributed by atoms with Crippen LogP contribution in [0.1, 0.15) is 12.5 Å². The zero-order chi connectivity index (χ0) is 12.7. The third kappa shape index (κ3) is 4.24. The van der Waals surface area contributed by atoms with Crippen molar-refractivity contribution in [3.63, 3.8) is 0 Å². The summed E-state index contributed by atoms with van der Waals surface area (Å²) in [6.45, 7) is 3.61. The molecule has 0 bridgehead atoms. The van der Waals surface area contributed by atoms with Crippen LogP contribution < -0.4 is 20.5 Å². The molecule has 1 rings (SSSR count). The average Bonchev–Trinajstić information content (AvgIpc) is 2.36. The highest BCUT2D eigenvalue weighted by Gasteiger charge is 2.09. The Morgan fingerprint density at radius 2 is 2.06 bits per heavy atom. The summed E-state index contributed by atoms with van der Waals surface area (Å²) in [4.78, 5) is 0. The molecule has 1 unspecified atom stereocenters. The van der Waals surface area contributed by atoms with Crippen molar-refractivity contribution in [2.45, 2.75) is 19.4 Å². The first kappa shape index (κ1) is 13.8. The summed E-state index contributed by atoms with van der Waals surface area (Å²) in [5.74, 6) is 1.75. The van der Waals surface area contributed by atoms with Gasteiger partial charge in [0.05, 0.1) is 14.2 Å². The molecular weight excluding hydrogens is 216 g/mol. The molecule has 0 aliphatic carbocycles. The van der Waals surface area contributed by atoms with Crippen molar-refractivity contribution in [3.8, 4) is 11.5 Å². The zero-order valence-corrected chi connectivity index (χ0v) is 10.8. The maximum Gasteiger partial charge on any atom is 0.122 e. The van der Waals surface area contributed by atoms with E-state index in [-0.39, 0.29) is 0 Å². The molecule has 0 saturated carbocycles. The molecule has 0 heterocycles. The molecule has 0 amide bonds. The molecule has 0 fully saturated rings. The molecule has 0 aromatic heterocycles. The predicted molar refractivity (Wildman–Crippen MR) is 69.8 cm³/mol.